The smallest absolute Gasteiger partial charge is 0.235 e. The molecule has 0 radical (unpaired) electrons. The van der Waals surface area contributed by atoms with Crippen LogP contribution in [0.2, 0.25) is 0 Å². The minimum atomic E-state index is -0.151. The highest BCUT2D eigenvalue weighted by Crippen LogP contribution is 2.51. The van der Waals surface area contributed by atoms with Gasteiger partial charge in [-0.25, -0.2) is 9.97 Å². The van der Waals surface area contributed by atoms with E-state index >= 15 is 0 Å². The zero-order chi connectivity index (χ0) is 36.7. The predicted octanol–water partition coefficient (Wildman–Crippen LogP) is 13.8. The van der Waals surface area contributed by atoms with Crippen molar-refractivity contribution in [2.24, 2.45) is 0 Å². The number of anilines is 3. The normalized spacial score (nSPS) is 13.1. The van der Waals surface area contributed by atoms with E-state index in [1.54, 1.807) is 0 Å². The third-order valence-corrected chi connectivity index (χ3v) is 11.4. The number of rotatable bonds is 5. The second-order valence-electron chi connectivity index (χ2n) is 15.0. The molecule has 0 atom stereocenters. The monoisotopic (exact) mass is 705 g/mol. The van der Waals surface area contributed by atoms with E-state index in [0.717, 1.165) is 72.0 Å². The van der Waals surface area contributed by atoms with Crippen molar-refractivity contribution in [3.63, 3.8) is 0 Å². The summed E-state index contributed by atoms with van der Waals surface area (Å²) in [6, 6.07) is 62.3. The van der Waals surface area contributed by atoms with Gasteiger partial charge in [-0.1, -0.05) is 135 Å². The fourth-order valence-electron chi connectivity index (χ4n) is 8.75. The van der Waals surface area contributed by atoms with Crippen molar-refractivity contribution in [3.05, 3.63) is 187 Å². The van der Waals surface area contributed by atoms with Crippen LogP contribution in [0.15, 0.2) is 180 Å². The molecule has 55 heavy (non-hydrogen) atoms. The summed E-state index contributed by atoms with van der Waals surface area (Å²) >= 11 is 0. The number of fused-ring (bicyclic) bond motifs is 8. The lowest BCUT2D eigenvalue weighted by Gasteiger charge is -2.27. The summed E-state index contributed by atoms with van der Waals surface area (Å²) in [5.41, 5.74) is 13.7. The van der Waals surface area contributed by atoms with E-state index in [9.17, 15) is 0 Å². The first-order valence-corrected chi connectivity index (χ1v) is 18.8. The Morgan fingerprint density at radius 3 is 2.00 bits per heavy atom. The van der Waals surface area contributed by atoms with Crippen LogP contribution in [0.4, 0.5) is 17.3 Å². The summed E-state index contributed by atoms with van der Waals surface area (Å²) in [6.07, 6.45) is 0. The van der Waals surface area contributed by atoms with E-state index in [-0.39, 0.29) is 5.41 Å². The van der Waals surface area contributed by atoms with Gasteiger partial charge in [-0.3, -0.25) is 4.90 Å². The second-order valence-corrected chi connectivity index (χ2v) is 15.0. The molecule has 8 aromatic carbocycles. The van der Waals surface area contributed by atoms with Crippen molar-refractivity contribution in [1.82, 2.24) is 9.97 Å². The maximum Gasteiger partial charge on any atom is 0.235 e. The second kappa shape index (κ2) is 12.0. The number of benzene rings is 8. The predicted molar refractivity (Wildman–Crippen MR) is 227 cm³/mol. The molecule has 11 rings (SSSR count). The van der Waals surface area contributed by atoms with Gasteiger partial charge in [0.2, 0.25) is 5.95 Å². The molecule has 0 N–H and O–H groups in total. The van der Waals surface area contributed by atoms with Gasteiger partial charge in [0.1, 0.15) is 11.2 Å². The van der Waals surface area contributed by atoms with Gasteiger partial charge < -0.3 is 4.42 Å². The van der Waals surface area contributed by atoms with Crippen LogP contribution in [0.5, 0.6) is 0 Å². The molecule has 0 saturated carbocycles. The summed E-state index contributed by atoms with van der Waals surface area (Å²) in [6.45, 7) is 4.64. The molecule has 0 fully saturated rings. The van der Waals surface area contributed by atoms with Crippen molar-refractivity contribution >= 4 is 60.9 Å². The number of hydrogen-bond acceptors (Lipinski definition) is 4. The molecule has 260 valence electrons. The Hall–Kier alpha value is -7.04. The molecule has 1 aliphatic rings. The molecule has 2 heterocycles. The lowest BCUT2D eigenvalue weighted by atomic mass is 9.82. The molecule has 2 aromatic heterocycles. The lowest BCUT2D eigenvalue weighted by Crippen LogP contribution is -2.17. The van der Waals surface area contributed by atoms with Crippen LogP contribution in [-0.4, -0.2) is 9.97 Å². The first-order chi connectivity index (χ1) is 27.0. The van der Waals surface area contributed by atoms with E-state index in [0.29, 0.717) is 5.95 Å². The Morgan fingerprint density at radius 1 is 0.473 bits per heavy atom. The van der Waals surface area contributed by atoms with Gasteiger partial charge in [-0.15, -0.1) is 0 Å². The molecule has 1 aliphatic carbocycles. The Bertz CT molecular complexity index is 3130. The highest BCUT2D eigenvalue weighted by Gasteiger charge is 2.36. The minimum Gasteiger partial charge on any atom is -0.456 e. The third-order valence-electron chi connectivity index (χ3n) is 11.4. The summed E-state index contributed by atoms with van der Waals surface area (Å²) < 4.78 is 6.75. The molecule has 0 spiro atoms. The zero-order valence-electron chi connectivity index (χ0n) is 30.5. The maximum atomic E-state index is 6.75. The molecule has 0 saturated heterocycles. The first kappa shape index (κ1) is 31.5. The highest BCUT2D eigenvalue weighted by molar-refractivity contribution is 6.17. The molecule has 0 bridgehead atoms. The number of nitrogens with zero attached hydrogens (tertiary/aromatic N) is 3. The van der Waals surface area contributed by atoms with E-state index in [4.69, 9.17) is 14.4 Å². The Morgan fingerprint density at radius 2 is 1.16 bits per heavy atom. The summed E-state index contributed by atoms with van der Waals surface area (Å²) in [5, 5.41) is 5.52. The summed E-state index contributed by atoms with van der Waals surface area (Å²) in [5.74, 6) is 0.602. The van der Waals surface area contributed by atoms with Gasteiger partial charge in [-0.2, -0.15) is 0 Å². The van der Waals surface area contributed by atoms with E-state index < -0.39 is 0 Å². The Labute approximate surface area is 319 Å². The highest BCUT2D eigenvalue weighted by atomic mass is 16.3. The lowest BCUT2D eigenvalue weighted by molar-refractivity contribution is 0.660. The summed E-state index contributed by atoms with van der Waals surface area (Å²) in [4.78, 5) is 13.0. The first-order valence-electron chi connectivity index (χ1n) is 18.8. The molecular weight excluding hydrogens is 671 g/mol. The van der Waals surface area contributed by atoms with Gasteiger partial charge in [0.05, 0.1) is 11.2 Å². The van der Waals surface area contributed by atoms with Crippen LogP contribution in [0.25, 0.3) is 77.1 Å². The quantitative estimate of drug-likeness (QED) is 0.179. The fraction of sp³-hybridized carbons (Fsp3) is 0.0588. The number of aromatic nitrogens is 2. The molecule has 10 aromatic rings. The van der Waals surface area contributed by atoms with Crippen molar-refractivity contribution in [2.75, 3.05) is 4.90 Å². The largest absolute Gasteiger partial charge is 0.456 e. The standard InChI is InChI=1S/C51H35N3O/c1-51(2)43-23-13-11-21-38(43)39-26-25-37(31-44(39)51)54(36-19-7-4-8-20-36)50-52-45-24-14-12-22-40(45)49(53-50)35-28-41(32-15-5-3-6-16-32)48-42-27-33-17-9-10-18-34(33)29-46(42)55-47(48)30-35/h3-31H,1-2H3. The topological polar surface area (TPSA) is 42.2 Å². The van der Waals surface area contributed by atoms with Crippen LogP contribution in [0.1, 0.15) is 25.0 Å². The van der Waals surface area contributed by atoms with Crippen molar-refractivity contribution in [2.45, 2.75) is 19.3 Å². The van der Waals surface area contributed by atoms with Gasteiger partial charge in [0.25, 0.3) is 0 Å². The maximum absolute atomic E-state index is 6.75. The average molecular weight is 706 g/mol. The third kappa shape index (κ3) is 4.92. The van der Waals surface area contributed by atoms with E-state index in [1.165, 1.54) is 27.6 Å². The molecule has 0 unspecified atom stereocenters. The SMILES string of the molecule is CC1(C)c2ccccc2-c2ccc(N(c3ccccc3)c3nc(-c4cc(-c5ccccc5)c5c(c4)oc4cc6ccccc6cc45)c4ccccc4n3)cc21. The fourth-order valence-corrected chi connectivity index (χ4v) is 8.75. The average Bonchev–Trinajstić information content (AvgIpc) is 3.70. The summed E-state index contributed by atoms with van der Waals surface area (Å²) in [7, 11) is 0. The van der Waals surface area contributed by atoms with Crippen LogP contribution < -0.4 is 4.90 Å². The Balaban J connectivity index is 1.16. The van der Waals surface area contributed by atoms with E-state index in [2.05, 4.69) is 183 Å². The van der Waals surface area contributed by atoms with Gasteiger partial charge >= 0.3 is 0 Å². The van der Waals surface area contributed by atoms with Crippen LogP contribution in [-0.2, 0) is 5.41 Å². The van der Waals surface area contributed by atoms with Gasteiger partial charge in [0.15, 0.2) is 0 Å². The number of para-hydroxylation sites is 2. The van der Waals surface area contributed by atoms with E-state index in [1.807, 2.05) is 12.1 Å². The van der Waals surface area contributed by atoms with Crippen molar-refractivity contribution < 1.29 is 4.42 Å². The zero-order valence-corrected chi connectivity index (χ0v) is 30.5. The van der Waals surface area contributed by atoms with Gasteiger partial charge in [0, 0.05) is 38.5 Å². The molecule has 0 amide bonds. The van der Waals surface area contributed by atoms with Crippen molar-refractivity contribution in [1.29, 1.82) is 0 Å². The Kier molecular flexibility index (Phi) is 6.86. The molecule has 4 nitrogen and oxygen atoms in total. The van der Waals surface area contributed by atoms with Crippen LogP contribution in [0, 0.1) is 0 Å². The van der Waals surface area contributed by atoms with Crippen LogP contribution in [0.3, 0.4) is 0 Å². The molecular formula is C51H35N3O. The van der Waals surface area contributed by atoms with Crippen molar-refractivity contribution in [3.8, 4) is 33.5 Å². The molecule has 4 heteroatoms. The minimum absolute atomic E-state index is 0.151. The van der Waals surface area contributed by atoms with Crippen LogP contribution >= 0.6 is 0 Å². The number of hydrogen-bond donors (Lipinski definition) is 0. The number of furan rings is 1. The molecule has 0 aliphatic heterocycles. The van der Waals surface area contributed by atoms with Gasteiger partial charge in [-0.05, 0) is 98.8 Å².